The maximum Gasteiger partial charge on any atom is 0 e. The van der Waals surface area contributed by atoms with Gasteiger partial charge in [0.05, 0.1) is 0 Å². The van der Waals surface area contributed by atoms with Gasteiger partial charge in [0.2, 0.25) is 0 Å². The van der Waals surface area contributed by atoms with E-state index in [-0.39, 0.29) is 69.5 Å². The predicted molar refractivity (Wildman–Crippen MR) is 62.4 cm³/mol. The zero-order valence-electron chi connectivity index (χ0n) is 8.15. The second-order valence-electron chi connectivity index (χ2n) is 1.34. The molecule has 0 amide bonds. The van der Waals surface area contributed by atoms with Gasteiger partial charge in [-0.1, -0.05) is 0 Å². The van der Waals surface area contributed by atoms with E-state index in [0.29, 0.717) is 0 Å². The van der Waals surface area contributed by atoms with E-state index >= 15 is 0 Å². The average molecular weight is 773 g/mol. The summed E-state index contributed by atoms with van der Waals surface area (Å²) in [6.07, 6.45) is 0. The molecule has 12 nitrogen and oxygen atoms in total. The van der Waals surface area contributed by atoms with Gasteiger partial charge in [0, 0.05) is 17.1 Å². The van der Waals surface area contributed by atoms with Crippen molar-refractivity contribution < 1.29 is 69.6 Å². The van der Waals surface area contributed by atoms with Crippen molar-refractivity contribution in [3.63, 3.8) is 0 Å². The standard InChI is InChI=1S/2Bi.Mn.3H2O4S.6H/c;;;3*1-5(2,3)4;;;;;;/h;;;3*(H2,1,2,3,4);;;;;;. The van der Waals surface area contributed by atoms with E-state index in [1.165, 1.54) is 0 Å². The molecule has 0 unspecified atom stereocenters. The van der Waals surface area contributed by atoms with Gasteiger partial charge in [-0.2, -0.15) is 25.3 Å². The molecule has 0 aromatic heterocycles. The second-order valence-corrected chi connectivity index (χ2v) is 4.03. The van der Waals surface area contributed by atoms with Crippen molar-refractivity contribution in [2.75, 3.05) is 0 Å². The van der Waals surface area contributed by atoms with Gasteiger partial charge in [0.1, 0.15) is 0 Å². The fourth-order valence-electron chi connectivity index (χ4n) is 0. The van der Waals surface area contributed by atoms with Gasteiger partial charge in [0.25, 0.3) is 0 Å². The fourth-order valence-corrected chi connectivity index (χ4v) is 0. The summed E-state index contributed by atoms with van der Waals surface area (Å²) >= 11 is 0. The van der Waals surface area contributed by atoms with E-state index < -0.39 is 31.2 Å². The first-order valence-electron chi connectivity index (χ1n) is 2.10. The van der Waals surface area contributed by atoms with Crippen molar-refractivity contribution in [1.82, 2.24) is 0 Å². The summed E-state index contributed by atoms with van der Waals surface area (Å²) in [6.45, 7) is 0. The fraction of sp³-hybridized carbons (Fsp3) is 0. The summed E-state index contributed by atoms with van der Waals surface area (Å²) in [4.78, 5) is 0. The molecule has 0 rings (SSSR count). The zero-order chi connectivity index (χ0) is 13.5. The third kappa shape index (κ3) is 1420. The molecule has 18 heteroatoms. The van der Waals surface area contributed by atoms with Crippen LogP contribution in [0.3, 0.4) is 0 Å². The molecular weight excluding hydrogens is 761 g/mol. The van der Waals surface area contributed by atoms with Crippen LogP contribution in [0.5, 0.6) is 0 Å². The molecule has 0 aromatic rings. The molecule has 0 aliphatic rings. The Morgan fingerprint density at radius 3 is 0.444 bits per heavy atom. The van der Waals surface area contributed by atoms with Crippen LogP contribution in [0.25, 0.3) is 0 Å². The Balaban J connectivity index is -0.0000000277. The maximum atomic E-state index is 8.74. The first-order chi connectivity index (χ1) is 6.00. The van der Waals surface area contributed by atoms with Crippen LogP contribution in [-0.4, -0.2) is 105 Å². The summed E-state index contributed by atoms with van der Waals surface area (Å²) in [5.74, 6) is 0. The van der Waals surface area contributed by atoms with E-state index in [4.69, 9.17) is 52.6 Å². The van der Waals surface area contributed by atoms with Gasteiger partial charge >= 0.3 is 83.6 Å². The molecule has 6 N–H and O–H groups in total. The monoisotopic (exact) mass is 773 g/mol. The Kier molecular flexibility index (Phi) is 31.2. The molecule has 0 spiro atoms. The molecule has 0 saturated heterocycles. The molecular formula is H12Bi2MnO12S3. The van der Waals surface area contributed by atoms with Crippen LogP contribution in [0, 0.1) is 0 Å². The van der Waals surface area contributed by atoms with Gasteiger partial charge in [0.15, 0.2) is 0 Å². The summed E-state index contributed by atoms with van der Waals surface area (Å²) in [5.41, 5.74) is 0. The van der Waals surface area contributed by atoms with E-state index in [9.17, 15) is 0 Å². The zero-order valence-corrected chi connectivity index (χ0v) is 22.8. The first kappa shape index (κ1) is 36.8. The Morgan fingerprint density at radius 2 is 0.444 bits per heavy atom. The van der Waals surface area contributed by atoms with Crippen molar-refractivity contribution in [2.45, 2.75) is 0 Å². The van der Waals surface area contributed by atoms with Gasteiger partial charge in [-0.05, 0) is 0 Å². The molecule has 0 aliphatic heterocycles. The predicted octanol–water partition coefficient (Wildman–Crippen LogP) is -4.33. The summed E-state index contributed by atoms with van der Waals surface area (Å²) in [7, 11) is -14.0. The average Bonchev–Trinajstić information content (AvgIpc) is 1.41. The quantitative estimate of drug-likeness (QED) is 0.102. The van der Waals surface area contributed by atoms with Crippen LogP contribution in [0.1, 0.15) is 0 Å². The van der Waals surface area contributed by atoms with E-state index in [1.54, 1.807) is 0 Å². The van der Waals surface area contributed by atoms with Crippen LogP contribution < -0.4 is 0 Å². The van der Waals surface area contributed by atoms with Crippen molar-refractivity contribution in [3.8, 4) is 0 Å². The van der Waals surface area contributed by atoms with Crippen LogP contribution in [-0.2, 0) is 48.3 Å². The van der Waals surface area contributed by atoms with Crippen molar-refractivity contribution >= 4 is 83.6 Å². The molecule has 0 bridgehead atoms. The van der Waals surface area contributed by atoms with Crippen molar-refractivity contribution in [2.24, 2.45) is 0 Å². The van der Waals surface area contributed by atoms with Crippen LogP contribution >= 0.6 is 0 Å². The van der Waals surface area contributed by atoms with E-state index in [1.807, 2.05) is 0 Å². The molecule has 0 aliphatic carbocycles. The van der Waals surface area contributed by atoms with Crippen molar-refractivity contribution in [1.29, 1.82) is 0 Å². The minimum Gasteiger partial charge on any atom is 0 e. The molecule has 0 saturated carbocycles. The molecule has 18 heavy (non-hydrogen) atoms. The van der Waals surface area contributed by atoms with E-state index in [2.05, 4.69) is 0 Å². The molecule has 0 heterocycles. The van der Waals surface area contributed by atoms with Crippen LogP contribution in [0.4, 0.5) is 0 Å². The summed E-state index contributed by atoms with van der Waals surface area (Å²) in [5, 5.41) is 0. The van der Waals surface area contributed by atoms with Crippen molar-refractivity contribution in [3.05, 3.63) is 0 Å². The SMILES string of the molecule is O=S(=O)(O)O.O=S(=O)(O)O.O=S(=O)(O)O.[BiH3].[BiH3].[Mn]. The Morgan fingerprint density at radius 1 is 0.444 bits per heavy atom. The summed E-state index contributed by atoms with van der Waals surface area (Å²) < 4.78 is 94.8. The Bertz CT molecular complexity index is 346. The molecule has 0 fully saturated rings. The smallest absolute Gasteiger partial charge is 0 e. The maximum absolute atomic E-state index is 8.74. The van der Waals surface area contributed by atoms with Gasteiger partial charge in [-0.15, -0.1) is 0 Å². The number of hydrogen-bond acceptors (Lipinski definition) is 6. The molecule has 0 aromatic carbocycles. The minimum atomic E-state index is -4.67. The molecule has 119 valence electrons. The third-order valence-corrected chi connectivity index (χ3v) is 0. The Labute approximate surface area is 151 Å². The van der Waals surface area contributed by atoms with E-state index in [0.717, 1.165) is 0 Å². The topological polar surface area (TPSA) is 224 Å². The molecule has 1 radical (unpaired) electrons. The third-order valence-electron chi connectivity index (χ3n) is 0. The van der Waals surface area contributed by atoms with Gasteiger partial charge < -0.3 is 0 Å². The summed E-state index contributed by atoms with van der Waals surface area (Å²) in [6, 6.07) is 0. The first-order valence-corrected chi connectivity index (χ1v) is 6.29. The molecule has 0 atom stereocenters. The minimum absolute atomic E-state index is 0. The van der Waals surface area contributed by atoms with Crippen LogP contribution in [0.15, 0.2) is 0 Å². The van der Waals surface area contributed by atoms with Gasteiger partial charge in [-0.3, -0.25) is 27.3 Å². The number of rotatable bonds is 0. The number of hydrogen-bond donors (Lipinski definition) is 6. The van der Waals surface area contributed by atoms with Gasteiger partial charge in [-0.25, -0.2) is 0 Å². The second kappa shape index (κ2) is 15.3. The largest absolute Gasteiger partial charge is 0 e. The van der Waals surface area contributed by atoms with Crippen LogP contribution in [0.2, 0.25) is 0 Å². The normalized spacial score (nSPS) is 9.67. The Hall–Kier alpha value is 1.90.